The molecule has 0 aromatic heterocycles. The molecule has 5 nitrogen and oxygen atoms in total. The van der Waals surface area contributed by atoms with Crippen LogP contribution in [0.2, 0.25) is 0 Å². The number of sulfonamides is 1. The molecule has 7 heteroatoms. The molecule has 0 saturated carbocycles. The molecule has 3 rings (SSSR count). The summed E-state index contributed by atoms with van der Waals surface area (Å²) < 4.78 is 39.4. The molecule has 1 aliphatic heterocycles. The van der Waals surface area contributed by atoms with E-state index >= 15 is 0 Å². The van der Waals surface area contributed by atoms with Gasteiger partial charge in [0.05, 0.1) is 10.8 Å². The molecule has 0 aliphatic carbocycles. The summed E-state index contributed by atoms with van der Waals surface area (Å²) in [5, 5.41) is 0. The average molecular weight is 366 g/mol. The standard InChI is InChI=1S/C17H16ClNO4S/c1-13-7-9-15(10-8-13)24(20,21)19-16-22-12-17(11-18,23-16)14-5-3-2-4-6-14/h2-10H,11-12H2,1H3/b19-16+/t17-/m1/s1. The van der Waals surface area contributed by atoms with Gasteiger partial charge in [-0.3, -0.25) is 0 Å². The van der Waals surface area contributed by atoms with Crippen molar-refractivity contribution in [1.82, 2.24) is 0 Å². The minimum absolute atomic E-state index is 0.0795. The van der Waals surface area contributed by atoms with Crippen LogP contribution in [0.25, 0.3) is 0 Å². The second kappa shape index (κ2) is 6.45. The lowest BCUT2D eigenvalue weighted by molar-refractivity contribution is 0.111. The Kier molecular flexibility index (Phi) is 4.51. The van der Waals surface area contributed by atoms with Crippen LogP contribution in [0.3, 0.4) is 0 Å². The fourth-order valence-electron chi connectivity index (χ4n) is 2.34. The number of aryl methyl sites for hydroxylation is 1. The maximum atomic E-state index is 12.4. The van der Waals surface area contributed by atoms with Crippen molar-refractivity contribution in [2.24, 2.45) is 4.40 Å². The number of alkyl halides is 1. The first-order valence-corrected chi connectivity index (χ1v) is 9.28. The molecule has 0 bridgehead atoms. The summed E-state index contributed by atoms with van der Waals surface area (Å²) in [6.07, 6.45) is -0.292. The van der Waals surface area contributed by atoms with E-state index in [9.17, 15) is 8.42 Å². The molecule has 0 N–H and O–H groups in total. The molecule has 24 heavy (non-hydrogen) atoms. The highest BCUT2D eigenvalue weighted by atomic mass is 35.5. The summed E-state index contributed by atoms with van der Waals surface area (Å²) in [7, 11) is -3.91. The SMILES string of the molecule is Cc1ccc(S(=O)(=O)/N=C2\OC[C@](CCl)(c3ccccc3)O2)cc1. The summed E-state index contributed by atoms with van der Waals surface area (Å²) in [4.78, 5) is 0.0795. The predicted molar refractivity (Wildman–Crippen MR) is 91.7 cm³/mol. The van der Waals surface area contributed by atoms with E-state index in [1.54, 1.807) is 12.1 Å². The fraction of sp³-hybridized carbons (Fsp3) is 0.235. The van der Waals surface area contributed by atoms with Gasteiger partial charge in [-0.25, -0.2) is 0 Å². The van der Waals surface area contributed by atoms with Gasteiger partial charge in [0.2, 0.25) is 0 Å². The van der Waals surface area contributed by atoms with Crippen LogP contribution >= 0.6 is 11.6 Å². The van der Waals surface area contributed by atoms with Crippen molar-refractivity contribution in [2.45, 2.75) is 17.4 Å². The molecular formula is C17H16ClNO4S. The molecule has 0 radical (unpaired) electrons. The second-order valence-corrected chi connectivity index (χ2v) is 7.40. The van der Waals surface area contributed by atoms with Gasteiger partial charge in [-0.1, -0.05) is 52.4 Å². The molecule has 2 aromatic carbocycles. The molecule has 1 aliphatic rings. The van der Waals surface area contributed by atoms with Gasteiger partial charge in [0.15, 0.2) is 5.60 Å². The third kappa shape index (κ3) is 3.25. The topological polar surface area (TPSA) is 65.0 Å². The van der Waals surface area contributed by atoms with Gasteiger partial charge in [0.25, 0.3) is 10.0 Å². The highest BCUT2D eigenvalue weighted by Crippen LogP contribution is 2.33. The Morgan fingerprint density at radius 1 is 1.12 bits per heavy atom. The van der Waals surface area contributed by atoms with Crippen molar-refractivity contribution in [2.75, 3.05) is 12.5 Å². The van der Waals surface area contributed by atoms with E-state index in [0.29, 0.717) is 0 Å². The van der Waals surface area contributed by atoms with Crippen LogP contribution in [-0.2, 0) is 25.1 Å². The monoisotopic (exact) mass is 365 g/mol. The van der Waals surface area contributed by atoms with Crippen molar-refractivity contribution >= 4 is 27.7 Å². The van der Waals surface area contributed by atoms with Gasteiger partial charge in [0.1, 0.15) is 6.61 Å². The molecule has 1 heterocycles. The zero-order valence-corrected chi connectivity index (χ0v) is 14.5. The third-order valence-corrected chi connectivity index (χ3v) is 5.43. The summed E-state index contributed by atoms with van der Waals surface area (Å²) in [5.74, 6) is 0.112. The summed E-state index contributed by atoms with van der Waals surface area (Å²) in [6.45, 7) is 1.98. The number of hydrogen-bond donors (Lipinski definition) is 0. The average Bonchev–Trinajstić information content (AvgIpc) is 3.00. The summed E-state index contributed by atoms with van der Waals surface area (Å²) in [6, 6.07) is 15.7. The Bertz CT molecular complexity index is 850. The lowest BCUT2D eigenvalue weighted by atomic mass is 9.97. The van der Waals surface area contributed by atoms with Crippen molar-refractivity contribution in [1.29, 1.82) is 0 Å². The molecule has 0 amide bonds. The molecule has 0 unspecified atom stereocenters. The van der Waals surface area contributed by atoms with Crippen LogP contribution < -0.4 is 0 Å². The van der Waals surface area contributed by atoms with E-state index in [2.05, 4.69) is 4.40 Å². The van der Waals surface area contributed by atoms with E-state index in [1.807, 2.05) is 37.3 Å². The van der Waals surface area contributed by atoms with Crippen molar-refractivity contribution in [3.63, 3.8) is 0 Å². The van der Waals surface area contributed by atoms with E-state index in [4.69, 9.17) is 21.1 Å². The Hall–Kier alpha value is -2.05. The zero-order chi connectivity index (χ0) is 17.2. The van der Waals surface area contributed by atoms with E-state index in [0.717, 1.165) is 11.1 Å². The summed E-state index contributed by atoms with van der Waals surface area (Å²) >= 11 is 6.06. The highest BCUT2D eigenvalue weighted by Gasteiger charge is 2.43. The number of benzene rings is 2. The lowest BCUT2D eigenvalue weighted by Crippen LogP contribution is -2.31. The van der Waals surface area contributed by atoms with Crippen LogP contribution in [0.1, 0.15) is 11.1 Å². The molecule has 2 aromatic rings. The zero-order valence-electron chi connectivity index (χ0n) is 13.0. The van der Waals surface area contributed by atoms with Crippen LogP contribution in [-0.4, -0.2) is 27.0 Å². The van der Waals surface area contributed by atoms with E-state index in [-0.39, 0.29) is 23.5 Å². The number of rotatable bonds is 4. The second-order valence-electron chi connectivity index (χ2n) is 5.53. The number of nitrogens with zero attached hydrogens (tertiary/aromatic N) is 1. The van der Waals surface area contributed by atoms with Gasteiger partial charge in [0, 0.05) is 5.56 Å². The predicted octanol–water partition coefficient (Wildman–Crippen LogP) is 3.22. The first-order valence-electron chi connectivity index (χ1n) is 7.30. The normalized spacial score (nSPS) is 22.2. The molecule has 1 fully saturated rings. The Balaban J connectivity index is 1.89. The number of halogens is 1. The maximum Gasteiger partial charge on any atom is 0.401 e. The molecule has 126 valence electrons. The molecular weight excluding hydrogens is 350 g/mol. The number of hydrogen-bond acceptors (Lipinski definition) is 4. The molecule has 1 saturated heterocycles. The molecule has 0 spiro atoms. The van der Waals surface area contributed by atoms with Crippen LogP contribution in [0.4, 0.5) is 0 Å². The first-order chi connectivity index (χ1) is 11.5. The number of ether oxygens (including phenoxy) is 2. The quantitative estimate of drug-likeness (QED) is 0.780. The first kappa shape index (κ1) is 16.8. The van der Waals surface area contributed by atoms with Crippen molar-refractivity contribution in [3.05, 3.63) is 65.7 Å². The lowest BCUT2D eigenvalue weighted by Gasteiger charge is -2.22. The van der Waals surface area contributed by atoms with E-state index in [1.165, 1.54) is 12.1 Å². The fourth-order valence-corrected chi connectivity index (χ4v) is 3.50. The van der Waals surface area contributed by atoms with Crippen LogP contribution in [0.5, 0.6) is 0 Å². The van der Waals surface area contributed by atoms with Gasteiger partial charge in [-0.15, -0.1) is 11.6 Å². The third-order valence-electron chi connectivity index (χ3n) is 3.74. The van der Waals surface area contributed by atoms with Crippen LogP contribution in [0.15, 0.2) is 63.9 Å². The largest absolute Gasteiger partial charge is 0.445 e. The highest BCUT2D eigenvalue weighted by molar-refractivity contribution is 7.90. The van der Waals surface area contributed by atoms with Gasteiger partial charge in [-0.2, -0.15) is 8.42 Å². The smallest absolute Gasteiger partial charge is 0.401 e. The van der Waals surface area contributed by atoms with Crippen molar-refractivity contribution < 1.29 is 17.9 Å². The minimum Gasteiger partial charge on any atom is -0.445 e. The summed E-state index contributed by atoms with van der Waals surface area (Å²) in [5.41, 5.74) is 0.822. The molecule has 1 atom stereocenters. The van der Waals surface area contributed by atoms with E-state index < -0.39 is 15.6 Å². The Morgan fingerprint density at radius 2 is 1.79 bits per heavy atom. The van der Waals surface area contributed by atoms with Crippen molar-refractivity contribution in [3.8, 4) is 0 Å². The van der Waals surface area contributed by atoms with Gasteiger partial charge < -0.3 is 9.47 Å². The Labute approximate surface area is 145 Å². The maximum absolute atomic E-state index is 12.4. The van der Waals surface area contributed by atoms with Gasteiger partial charge >= 0.3 is 6.08 Å². The van der Waals surface area contributed by atoms with Crippen LogP contribution in [0, 0.1) is 6.92 Å². The van der Waals surface area contributed by atoms with Gasteiger partial charge in [-0.05, 0) is 19.1 Å². The minimum atomic E-state index is -3.91. The Morgan fingerprint density at radius 3 is 2.42 bits per heavy atom.